The minimum absolute atomic E-state index is 0.644. The maximum Gasteiger partial charge on any atom is 0.235 e. The SMILES string of the molecule is c1ccc(-c2nc(-n3c4cc5ccccc5cc4c4cccc(-c5ccc6oc7ccccc7c6c5)c43)nc3c2ccc2ccccc23)cc1. The summed E-state index contributed by atoms with van der Waals surface area (Å²) < 4.78 is 8.51. The lowest BCUT2D eigenvalue weighted by atomic mass is 9.99. The van der Waals surface area contributed by atoms with Crippen LogP contribution in [0.25, 0.3) is 105 Å². The van der Waals surface area contributed by atoms with Crippen molar-refractivity contribution in [2.45, 2.75) is 0 Å². The summed E-state index contributed by atoms with van der Waals surface area (Å²) in [5, 5.41) is 10.2. The summed E-state index contributed by atoms with van der Waals surface area (Å²) in [4.78, 5) is 10.9. The van der Waals surface area contributed by atoms with Crippen LogP contribution in [0.5, 0.6) is 0 Å². The minimum Gasteiger partial charge on any atom is -0.456 e. The number of para-hydroxylation sites is 2. The molecule has 0 fully saturated rings. The monoisotopic (exact) mass is 637 g/mol. The number of hydrogen-bond donors (Lipinski definition) is 0. The number of aromatic nitrogens is 3. The predicted molar refractivity (Wildman–Crippen MR) is 207 cm³/mol. The van der Waals surface area contributed by atoms with Crippen molar-refractivity contribution >= 4 is 76.2 Å². The molecular weight excluding hydrogens is 611 g/mol. The van der Waals surface area contributed by atoms with E-state index in [9.17, 15) is 0 Å². The fourth-order valence-electron chi connectivity index (χ4n) is 7.85. The van der Waals surface area contributed by atoms with Crippen molar-refractivity contribution in [3.8, 4) is 28.3 Å². The molecule has 0 radical (unpaired) electrons. The second kappa shape index (κ2) is 10.4. The van der Waals surface area contributed by atoms with E-state index in [1.54, 1.807) is 0 Å². The molecule has 3 aromatic heterocycles. The van der Waals surface area contributed by atoms with Crippen molar-refractivity contribution in [3.63, 3.8) is 0 Å². The van der Waals surface area contributed by atoms with Gasteiger partial charge in [0.2, 0.25) is 5.95 Å². The van der Waals surface area contributed by atoms with Gasteiger partial charge < -0.3 is 4.42 Å². The van der Waals surface area contributed by atoms with E-state index in [-0.39, 0.29) is 0 Å². The Hall–Kier alpha value is -6.78. The van der Waals surface area contributed by atoms with Gasteiger partial charge in [0.15, 0.2) is 0 Å². The van der Waals surface area contributed by atoms with Gasteiger partial charge in [0.25, 0.3) is 0 Å². The number of benzene rings is 8. The van der Waals surface area contributed by atoms with Crippen molar-refractivity contribution in [1.82, 2.24) is 14.5 Å². The fourth-order valence-corrected chi connectivity index (χ4v) is 7.85. The van der Waals surface area contributed by atoms with Crippen molar-refractivity contribution in [2.24, 2.45) is 0 Å². The molecule has 0 N–H and O–H groups in total. The van der Waals surface area contributed by atoms with Crippen molar-refractivity contribution < 1.29 is 4.42 Å². The van der Waals surface area contributed by atoms with Crippen LogP contribution in [0.2, 0.25) is 0 Å². The first kappa shape index (κ1) is 27.2. The molecule has 0 saturated carbocycles. The van der Waals surface area contributed by atoms with E-state index in [4.69, 9.17) is 14.4 Å². The summed E-state index contributed by atoms with van der Waals surface area (Å²) in [6.07, 6.45) is 0. The summed E-state index contributed by atoms with van der Waals surface area (Å²) in [6.45, 7) is 0. The van der Waals surface area contributed by atoms with Crippen LogP contribution in [0.3, 0.4) is 0 Å². The Morgan fingerprint density at radius 3 is 2.02 bits per heavy atom. The zero-order chi connectivity index (χ0) is 32.8. The number of rotatable bonds is 3. The van der Waals surface area contributed by atoms with E-state index in [2.05, 4.69) is 150 Å². The highest BCUT2D eigenvalue weighted by atomic mass is 16.3. The first-order valence-corrected chi connectivity index (χ1v) is 16.9. The highest BCUT2D eigenvalue weighted by Gasteiger charge is 2.22. The average Bonchev–Trinajstić information content (AvgIpc) is 3.72. The second-order valence-electron chi connectivity index (χ2n) is 13.0. The standard InChI is InChI=1S/C46H27N3O/c1-2-12-29(13-3-1)43-37-23-21-28-11-6-7-16-33(28)44(37)48-46(47-43)49-40-27-31-15-5-4-14-30(31)25-38(40)36-19-10-18-34(45(36)49)32-22-24-42-39(26-32)35-17-8-9-20-41(35)50-42/h1-27H. The number of fused-ring (bicyclic) bond motifs is 10. The molecule has 4 nitrogen and oxygen atoms in total. The van der Waals surface area contributed by atoms with Crippen LogP contribution in [0.15, 0.2) is 168 Å². The maximum atomic E-state index is 6.22. The third kappa shape index (κ3) is 3.93. The first-order chi connectivity index (χ1) is 24.8. The quantitative estimate of drug-likeness (QED) is 0.181. The largest absolute Gasteiger partial charge is 0.456 e. The molecule has 0 atom stereocenters. The molecule has 0 spiro atoms. The van der Waals surface area contributed by atoms with Gasteiger partial charge in [-0.1, -0.05) is 127 Å². The molecule has 50 heavy (non-hydrogen) atoms. The normalized spacial score (nSPS) is 12.0. The van der Waals surface area contributed by atoms with Crippen LogP contribution < -0.4 is 0 Å². The lowest BCUT2D eigenvalue weighted by Crippen LogP contribution is -2.04. The summed E-state index contributed by atoms with van der Waals surface area (Å²) in [6, 6.07) is 57.9. The van der Waals surface area contributed by atoms with E-state index in [1.807, 2.05) is 18.2 Å². The molecule has 0 unspecified atom stereocenters. The van der Waals surface area contributed by atoms with Crippen LogP contribution >= 0.6 is 0 Å². The summed E-state index contributed by atoms with van der Waals surface area (Å²) in [5.74, 6) is 0.644. The van der Waals surface area contributed by atoms with Crippen LogP contribution in [-0.2, 0) is 0 Å². The van der Waals surface area contributed by atoms with E-state index in [1.165, 1.54) is 16.2 Å². The molecule has 0 saturated heterocycles. The van der Waals surface area contributed by atoms with Gasteiger partial charge in [-0.3, -0.25) is 4.57 Å². The Morgan fingerprint density at radius 1 is 0.420 bits per heavy atom. The highest BCUT2D eigenvalue weighted by molar-refractivity contribution is 6.18. The Labute approximate surface area is 286 Å². The highest BCUT2D eigenvalue weighted by Crippen LogP contribution is 2.42. The van der Waals surface area contributed by atoms with Crippen molar-refractivity contribution in [3.05, 3.63) is 164 Å². The lowest BCUT2D eigenvalue weighted by Gasteiger charge is -2.15. The van der Waals surface area contributed by atoms with Crippen LogP contribution in [0.1, 0.15) is 0 Å². The Balaban J connectivity index is 1.30. The molecule has 0 aliphatic carbocycles. The van der Waals surface area contributed by atoms with Crippen LogP contribution in [0.4, 0.5) is 0 Å². The van der Waals surface area contributed by atoms with Gasteiger partial charge in [0.1, 0.15) is 11.2 Å². The van der Waals surface area contributed by atoms with Gasteiger partial charge in [-0.25, -0.2) is 9.97 Å². The molecule has 11 rings (SSSR count). The number of furan rings is 1. The third-order valence-corrected chi connectivity index (χ3v) is 10.2. The van der Waals surface area contributed by atoms with E-state index in [0.717, 1.165) is 82.4 Å². The summed E-state index contributed by atoms with van der Waals surface area (Å²) in [5.41, 5.74) is 9.04. The molecule has 0 bridgehead atoms. The topological polar surface area (TPSA) is 43.9 Å². The number of hydrogen-bond acceptors (Lipinski definition) is 3. The molecule has 0 aliphatic rings. The van der Waals surface area contributed by atoms with Gasteiger partial charge in [0.05, 0.1) is 22.2 Å². The van der Waals surface area contributed by atoms with Gasteiger partial charge in [0, 0.05) is 43.4 Å². The first-order valence-electron chi connectivity index (χ1n) is 16.9. The zero-order valence-corrected chi connectivity index (χ0v) is 26.8. The molecule has 4 heteroatoms. The maximum absolute atomic E-state index is 6.22. The Kier molecular flexibility index (Phi) is 5.63. The van der Waals surface area contributed by atoms with Gasteiger partial charge in [-0.05, 0) is 58.1 Å². The van der Waals surface area contributed by atoms with Gasteiger partial charge >= 0.3 is 0 Å². The molecular formula is C46H27N3O. The average molecular weight is 638 g/mol. The van der Waals surface area contributed by atoms with E-state index >= 15 is 0 Å². The third-order valence-electron chi connectivity index (χ3n) is 10.2. The van der Waals surface area contributed by atoms with Crippen molar-refractivity contribution in [1.29, 1.82) is 0 Å². The molecule has 0 amide bonds. The Morgan fingerprint density at radius 2 is 1.14 bits per heavy atom. The summed E-state index contributed by atoms with van der Waals surface area (Å²) >= 11 is 0. The van der Waals surface area contributed by atoms with Gasteiger partial charge in [-0.2, -0.15) is 0 Å². The molecule has 232 valence electrons. The number of nitrogens with zero attached hydrogens (tertiary/aromatic N) is 3. The lowest BCUT2D eigenvalue weighted by molar-refractivity contribution is 0.669. The fraction of sp³-hybridized carbons (Fsp3) is 0. The Bertz CT molecular complexity index is 3150. The molecule has 0 aliphatic heterocycles. The van der Waals surface area contributed by atoms with Crippen LogP contribution in [-0.4, -0.2) is 14.5 Å². The van der Waals surface area contributed by atoms with E-state index < -0.39 is 0 Å². The van der Waals surface area contributed by atoms with Crippen molar-refractivity contribution in [2.75, 3.05) is 0 Å². The predicted octanol–water partition coefficient (Wildman–Crippen LogP) is 12.3. The van der Waals surface area contributed by atoms with Gasteiger partial charge in [-0.15, -0.1) is 0 Å². The van der Waals surface area contributed by atoms with Crippen LogP contribution in [0, 0.1) is 0 Å². The van der Waals surface area contributed by atoms with E-state index in [0.29, 0.717) is 5.95 Å². The summed E-state index contributed by atoms with van der Waals surface area (Å²) in [7, 11) is 0. The molecule has 8 aromatic carbocycles. The zero-order valence-electron chi connectivity index (χ0n) is 26.8. The molecule has 11 aromatic rings. The minimum atomic E-state index is 0.644. The second-order valence-corrected chi connectivity index (χ2v) is 13.0. The molecule has 3 heterocycles. The smallest absolute Gasteiger partial charge is 0.235 e.